The third kappa shape index (κ3) is 2.90. The van der Waals surface area contributed by atoms with Crippen molar-refractivity contribution in [2.75, 3.05) is 0 Å². The van der Waals surface area contributed by atoms with Crippen LogP contribution >= 0.6 is 0 Å². The summed E-state index contributed by atoms with van der Waals surface area (Å²) in [6.07, 6.45) is 7.58. The van der Waals surface area contributed by atoms with Crippen molar-refractivity contribution in [2.24, 2.45) is 11.3 Å². The molecule has 0 bridgehead atoms. The molecule has 85 valence electrons. The van der Waals surface area contributed by atoms with E-state index in [4.69, 9.17) is 5.73 Å². The van der Waals surface area contributed by atoms with Gasteiger partial charge in [-0.25, -0.2) is 0 Å². The van der Waals surface area contributed by atoms with Crippen LogP contribution in [0, 0.1) is 25.7 Å². The van der Waals surface area contributed by atoms with E-state index < -0.39 is 0 Å². The van der Waals surface area contributed by atoms with E-state index in [0.717, 1.165) is 6.42 Å². The molecule has 2 fully saturated rings. The molecule has 2 saturated carbocycles. The van der Waals surface area contributed by atoms with Crippen molar-refractivity contribution < 1.29 is 53.8 Å². The predicted molar refractivity (Wildman–Crippen MR) is 53.5 cm³/mol. The second-order valence-electron chi connectivity index (χ2n) is 4.27. The van der Waals surface area contributed by atoms with Gasteiger partial charge in [0.25, 0.3) is 0 Å². The van der Waals surface area contributed by atoms with Crippen molar-refractivity contribution >= 4 is 0 Å². The zero-order chi connectivity index (χ0) is 7.90. The van der Waals surface area contributed by atoms with E-state index in [0.29, 0.717) is 11.3 Å². The van der Waals surface area contributed by atoms with Gasteiger partial charge in [0.15, 0.2) is 0 Å². The van der Waals surface area contributed by atoms with Gasteiger partial charge in [0.1, 0.15) is 0 Å². The zero-order valence-corrected chi connectivity index (χ0v) is 14.1. The molecule has 14 heavy (non-hydrogen) atoms. The molecule has 1 nitrogen and oxygen atoms in total. The molecule has 0 aliphatic heterocycles. The van der Waals surface area contributed by atoms with Crippen LogP contribution in [0.1, 0.15) is 38.5 Å². The molecule has 0 saturated heterocycles. The normalized spacial score (nSPS) is 39.9. The van der Waals surface area contributed by atoms with Crippen LogP contribution in [0.3, 0.4) is 0 Å². The summed E-state index contributed by atoms with van der Waals surface area (Å²) in [7, 11) is 0. The first-order chi connectivity index (χ1) is 5.26. The third-order valence-electron chi connectivity index (χ3n) is 3.84. The maximum Gasteiger partial charge on any atom is 0 e. The van der Waals surface area contributed by atoms with E-state index in [-0.39, 0.29) is 67.2 Å². The summed E-state index contributed by atoms with van der Waals surface area (Å²) in [5, 5.41) is 0. The van der Waals surface area contributed by atoms with Crippen LogP contribution in [0.5, 0.6) is 0 Å². The quantitative estimate of drug-likeness (QED) is 0.504. The van der Waals surface area contributed by atoms with Crippen molar-refractivity contribution in [1.82, 2.24) is 0 Å². The van der Waals surface area contributed by atoms with Gasteiger partial charge >= 0.3 is 0 Å². The Balaban J connectivity index is 0. The molecule has 0 amide bonds. The molecule has 1 N–H and O–H groups in total. The molecule has 0 aromatic rings. The number of hydrogen-bond donors (Lipinski definition) is 0. The molecule has 3 unspecified atom stereocenters. The van der Waals surface area contributed by atoms with Crippen molar-refractivity contribution in [3.63, 3.8) is 0 Å². The Morgan fingerprint density at radius 3 is 2.00 bits per heavy atom. The molecule has 1 spiro atoms. The van der Waals surface area contributed by atoms with Gasteiger partial charge < -0.3 is 20.1 Å². The summed E-state index contributed by atoms with van der Waals surface area (Å²) in [5.41, 5.74) is 8.33. The fraction of sp³-hybridized carbons (Fsp3) is 0.818. The van der Waals surface area contributed by atoms with Gasteiger partial charge in [0, 0.05) is 53.8 Å². The summed E-state index contributed by atoms with van der Waals surface area (Å²) in [5.74, 6) is 0.590. The maximum atomic E-state index is 7.97. The average molecular weight is 450 g/mol. The monoisotopic (exact) mass is 450 g/mol. The molecule has 0 heterocycles. The van der Waals surface area contributed by atoms with Crippen molar-refractivity contribution in [1.29, 1.82) is 0 Å². The van der Waals surface area contributed by atoms with Gasteiger partial charge in [-0.3, -0.25) is 0 Å². The number of nitrogens with one attached hydrogen (secondary N) is 1. The molecule has 1 radical (unpaired) electrons. The van der Waals surface area contributed by atoms with E-state index in [9.17, 15) is 0 Å². The molecular weight excluding hydrogens is 430 g/mol. The fourth-order valence-corrected chi connectivity index (χ4v) is 3.05. The van der Waals surface area contributed by atoms with Gasteiger partial charge in [-0.2, -0.15) is 5.92 Å². The molecule has 3 heteroatoms. The molecule has 2 rings (SSSR count). The van der Waals surface area contributed by atoms with Crippen LogP contribution in [0.25, 0.3) is 5.73 Å². The SMILES string of the molecule is [CH2-]C1CCCC12CCCC2[NH-].[CH3-].[Pt].[Y]. The standard InChI is InChI=1S/C10H17N.CH3.Pt.Y/c1-8-4-2-6-10(8)7-3-5-9(10)11;;;/h8-9,11H,1-7H2;1H3;;/q-2;-1;;. The Kier molecular flexibility index (Phi) is 9.26. The third-order valence-corrected chi connectivity index (χ3v) is 3.84. The van der Waals surface area contributed by atoms with Crippen molar-refractivity contribution in [3.8, 4) is 0 Å². The molecule has 2 aliphatic rings. The summed E-state index contributed by atoms with van der Waals surface area (Å²) in [6, 6.07) is 0.215. The van der Waals surface area contributed by atoms with E-state index in [1.54, 1.807) is 0 Å². The molecule has 0 aromatic carbocycles. The van der Waals surface area contributed by atoms with Gasteiger partial charge in [-0.1, -0.05) is 43.9 Å². The minimum atomic E-state index is 0. The minimum absolute atomic E-state index is 0. The molecular formula is C11H20NPtY-3. The van der Waals surface area contributed by atoms with Gasteiger partial charge in [-0.15, -0.1) is 6.04 Å². The van der Waals surface area contributed by atoms with E-state index in [1.165, 1.54) is 32.1 Å². The first kappa shape index (κ1) is 18.1. The van der Waals surface area contributed by atoms with Gasteiger partial charge in [0.05, 0.1) is 0 Å². The Labute approximate surface area is 128 Å². The second-order valence-corrected chi connectivity index (χ2v) is 4.27. The number of hydrogen-bond acceptors (Lipinski definition) is 0. The molecule has 3 atom stereocenters. The van der Waals surface area contributed by atoms with E-state index in [2.05, 4.69) is 6.92 Å². The first-order valence-corrected chi connectivity index (χ1v) is 4.80. The number of rotatable bonds is 0. The maximum absolute atomic E-state index is 7.97. The zero-order valence-electron chi connectivity index (χ0n) is 9.00. The Bertz CT molecular complexity index is 145. The molecule has 2 aliphatic carbocycles. The van der Waals surface area contributed by atoms with Gasteiger partial charge in [-0.05, 0) is 0 Å². The summed E-state index contributed by atoms with van der Waals surface area (Å²) in [6.45, 7) is 4.20. The first-order valence-electron chi connectivity index (χ1n) is 4.80. The van der Waals surface area contributed by atoms with E-state index >= 15 is 0 Å². The average Bonchev–Trinajstić information content (AvgIpc) is 2.48. The van der Waals surface area contributed by atoms with Crippen LogP contribution in [0.2, 0.25) is 0 Å². The van der Waals surface area contributed by atoms with Crippen LogP contribution in [0.15, 0.2) is 0 Å². The van der Waals surface area contributed by atoms with Crippen LogP contribution < -0.4 is 0 Å². The fourth-order valence-electron chi connectivity index (χ4n) is 3.05. The Morgan fingerprint density at radius 1 is 1.14 bits per heavy atom. The van der Waals surface area contributed by atoms with Crippen molar-refractivity contribution in [2.45, 2.75) is 44.6 Å². The topological polar surface area (TPSA) is 23.8 Å². The molecule has 0 aromatic heterocycles. The Morgan fingerprint density at radius 2 is 1.64 bits per heavy atom. The van der Waals surface area contributed by atoms with Crippen molar-refractivity contribution in [3.05, 3.63) is 20.1 Å². The van der Waals surface area contributed by atoms with E-state index in [1.807, 2.05) is 0 Å². The Hall–Kier alpha value is 1.75. The van der Waals surface area contributed by atoms with Gasteiger partial charge in [0.2, 0.25) is 0 Å². The second kappa shape index (κ2) is 7.15. The summed E-state index contributed by atoms with van der Waals surface area (Å²) < 4.78 is 0. The van der Waals surface area contributed by atoms with Crippen LogP contribution in [-0.2, 0) is 53.8 Å². The largest absolute Gasteiger partial charge is 0.674 e. The van der Waals surface area contributed by atoms with Crippen LogP contribution in [-0.4, -0.2) is 6.04 Å². The summed E-state index contributed by atoms with van der Waals surface area (Å²) in [4.78, 5) is 0. The minimum Gasteiger partial charge on any atom is -0.674 e. The summed E-state index contributed by atoms with van der Waals surface area (Å²) >= 11 is 0. The predicted octanol–water partition coefficient (Wildman–Crippen LogP) is 3.66. The van der Waals surface area contributed by atoms with Crippen LogP contribution in [0.4, 0.5) is 0 Å². The smallest absolute Gasteiger partial charge is 0 e.